The number of hydrogen-bond acceptors (Lipinski definition) is 5. The van der Waals surface area contributed by atoms with E-state index in [0.29, 0.717) is 30.9 Å². The lowest BCUT2D eigenvalue weighted by molar-refractivity contribution is -0.138. The van der Waals surface area contributed by atoms with Crippen molar-refractivity contribution >= 4 is 17.4 Å². The second-order valence-corrected chi connectivity index (χ2v) is 7.82. The van der Waals surface area contributed by atoms with Crippen LogP contribution in [0, 0.1) is 6.92 Å². The van der Waals surface area contributed by atoms with Crippen LogP contribution in [-0.4, -0.2) is 71.0 Å². The summed E-state index contributed by atoms with van der Waals surface area (Å²) < 4.78 is 0. The number of rotatable bonds is 6. The summed E-state index contributed by atoms with van der Waals surface area (Å²) in [5.74, 6) is -0.463. The molecule has 1 fully saturated rings. The molecule has 2 aliphatic heterocycles. The van der Waals surface area contributed by atoms with E-state index in [1.54, 1.807) is 0 Å². The number of amides is 2. The van der Waals surface area contributed by atoms with Gasteiger partial charge < -0.3 is 10.0 Å². The molecule has 2 heterocycles. The lowest BCUT2D eigenvalue weighted by atomic mass is 10.0. The van der Waals surface area contributed by atoms with E-state index in [4.69, 9.17) is 0 Å². The fourth-order valence-corrected chi connectivity index (χ4v) is 4.08. The Kier molecular flexibility index (Phi) is 5.97. The van der Waals surface area contributed by atoms with E-state index in [0.717, 1.165) is 29.8 Å². The number of aliphatic hydroxyl groups excluding tert-OH is 1. The number of hydrogen-bond donors (Lipinski definition) is 1. The van der Waals surface area contributed by atoms with Crippen LogP contribution >= 0.6 is 0 Å². The smallest absolute Gasteiger partial charge is 0.278 e. The van der Waals surface area contributed by atoms with E-state index < -0.39 is 0 Å². The fourth-order valence-electron chi connectivity index (χ4n) is 4.08. The van der Waals surface area contributed by atoms with Crippen molar-refractivity contribution in [3.63, 3.8) is 0 Å². The Hall–Kier alpha value is -2.96. The highest BCUT2D eigenvalue weighted by Crippen LogP contribution is 2.33. The molecule has 156 valence electrons. The van der Waals surface area contributed by atoms with E-state index >= 15 is 0 Å². The van der Waals surface area contributed by atoms with E-state index in [1.807, 2.05) is 66.4 Å². The summed E-state index contributed by atoms with van der Waals surface area (Å²) in [6, 6.07) is 17.4. The van der Waals surface area contributed by atoms with Crippen LogP contribution in [0.3, 0.4) is 0 Å². The first-order valence-electron chi connectivity index (χ1n) is 10.4. The quantitative estimate of drug-likeness (QED) is 0.744. The minimum Gasteiger partial charge on any atom is -0.395 e. The van der Waals surface area contributed by atoms with Gasteiger partial charge >= 0.3 is 0 Å². The van der Waals surface area contributed by atoms with E-state index in [-0.39, 0.29) is 25.0 Å². The van der Waals surface area contributed by atoms with Gasteiger partial charge in [0.05, 0.1) is 18.7 Å². The lowest BCUT2D eigenvalue weighted by Gasteiger charge is -2.36. The predicted molar refractivity (Wildman–Crippen MR) is 115 cm³/mol. The number of imide groups is 1. The van der Waals surface area contributed by atoms with Crippen LogP contribution < -0.4 is 0 Å². The molecule has 0 aromatic heterocycles. The Bertz CT molecular complexity index is 945. The average Bonchev–Trinajstić information content (AvgIpc) is 3.01. The first kappa shape index (κ1) is 20.3. The van der Waals surface area contributed by atoms with Gasteiger partial charge in [-0.15, -0.1) is 0 Å². The van der Waals surface area contributed by atoms with Crippen molar-refractivity contribution < 1.29 is 14.7 Å². The molecule has 2 aliphatic rings. The molecule has 0 radical (unpaired) electrons. The molecule has 0 saturated carbocycles. The maximum atomic E-state index is 13.4. The first-order chi connectivity index (χ1) is 14.6. The van der Waals surface area contributed by atoms with Gasteiger partial charge in [0, 0.05) is 32.7 Å². The molecule has 2 amide bonds. The zero-order valence-corrected chi connectivity index (χ0v) is 17.3. The number of piperazine rings is 1. The Labute approximate surface area is 177 Å². The third-order valence-corrected chi connectivity index (χ3v) is 5.77. The monoisotopic (exact) mass is 405 g/mol. The standard InChI is InChI=1S/C24H27N3O3/c1-18-7-9-19(10-8-18)17-27-23(29)21(20-5-3-2-4-6-20)22(24(27)30)26-13-11-25(12-14-26)15-16-28/h2-10,28H,11-17H2,1H3. The van der Waals surface area contributed by atoms with Crippen LogP contribution in [0.25, 0.3) is 5.57 Å². The molecule has 2 aromatic rings. The molecule has 30 heavy (non-hydrogen) atoms. The molecule has 0 atom stereocenters. The third-order valence-electron chi connectivity index (χ3n) is 5.77. The normalized spacial score (nSPS) is 17.9. The summed E-state index contributed by atoms with van der Waals surface area (Å²) in [4.78, 5) is 32.4. The van der Waals surface area contributed by atoms with Crippen LogP contribution in [0.15, 0.2) is 60.3 Å². The summed E-state index contributed by atoms with van der Waals surface area (Å²) in [6.45, 7) is 5.86. The van der Waals surface area contributed by atoms with Gasteiger partial charge in [-0.05, 0) is 18.1 Å². The van der Waals surface area contributed by atoms with E-state index in [9.17, 15) is 14.7 Å². The van der Waals surface area contributed by atoms with Crippen LogP contribution in [-0.2, 0) is 16.1 Å². The first-order valence-corrected chi connectivity index (χ1v) is 10.4. The van der Waals surface area contributed by atoms with Gasteiger partial charge in [0.15, 0.2) is 0 Å². The van der Waals surface area contributed by atoms with Gasteiger partial charge in [0.25, 0.3) is 11.8 Å². The van der Waals surface area contributed by atoms with E-state index in [1.165, 1.54) is 4.90 Å². The molecule has 0 spiro atoms. The Morgan fingerprint density at radius 1 is 0.867 bits per heavy atom. The highest BCUT2D eigenvalue weighted by molar-refractivity contribution is 6.35. The summed E-state index contributed by atoms with van der Waals surface area (Å²) in [5.41, 5.74) is 3.84. The molecular weight excluding hydrogens is 378 g/mol. The fraction of sp³-hybridized carbons (Fsp3) is 0.333. The van der Waals surface area contributed by atoms with Crippen LogP contribution in [0.2, 0.25) is 0 Å². The molecule has 6 heteroatoms. The number of β-amino-alcohol motifs (C(OH)–C–C–N with tert-alkyl or cyclic N) is 1. The molecule has 1 saturated heterocycles. The Morgan fingerprint density at radius 2 is 1.53 bits per heavy atom. The highest BCUT2D eigenvalue weighted by Gasteiger charge is 2.42. The van der Waals surface area contributed by atoms with Gasteiger partial charge in [-0.2, -0.15) is 0 Å². The maximum absolute atomic E-state index is 13.4. The topological polar surface area (TPSA) is 64.1 Å². The van der Waals surface area contributed by atoms with Crippen molar-refractivity contribution in [2.24, 2.45) is 0 Å². The van der Waals surface area contributed by atoms with Crippen molar-refractivity contribution in [3.05, 3.63) is 77.0 Å². The maximum Gasteiger partial charge on any atom is 0.278 e. The van der Waals surface area contributed by atoms with Gasteiger partial charge in [0.1, 0.15) is 5.70 Å². The van der Waals surface area contributed by atoms with Crippen molar-refractivity contribution in [2.75, 3.05) is 39.3 Å². The molecule has 0 bridgehead atoms. The number of aryl methyl sites for hydroxylation is 1. The predicted octanol–water partition coefficient (Wildman–Crippen LogP) is 1.89. The summed E-state index contributed by atoms with van der Waals surface area (Å²) in [6.07, 6.45) is 0. The minimum absolute atomic E-state index is 0.125. The van der Waals surface area contributed by atoms with Crippen LogP contribution in [0.4, 0.5) is 0 Å². The van der Waals surface area contributed by atoms with Crippen molar-refractivity contribution in [2.45, 2.75) is 13.5 Å². The molecule has 0 unspecified atom stereocenters. The highest BCUT2D eigenvalue weighted by atomic mass is 16.3. The summed E-state index contributed by atoms with van der Waals surface area (Å²) >= 11 is 0. The summed E-state index contributed by atoms with van der Waals surface area (Å²) in [7, 11) is 0. The zero-order valence-electron chi connectivity index (χ0n) is 17.3. The Morgan fingerprint density at radius 3 is 2.17 bits per heavy atom. The minimum atomic E-state index is -0.237. The van der Waals surface area contributed by atoms with Crippen molar-refractivity contribution in [1.82, 2.24) is 14.7 Å². The van der Waals surface area contributed by atoms with Gasteiger partial charge in [-0.3, -0.25) is 19.4 Å². The SMILES string of the molecule is Cc1ccc(CN2C(=O)C(c3ccccc3)=C(N3CCN(CCO)CC3)C2=O)cc1. The van der Waals surface area contributed by atoms with Gasteiger partial charge in [0.2, 0.25) is 0 Å². The Balaban J connectivity index is 1.64. The molecule has 2 aromatic carbocycles. The lowest BCUT2D eigenvalue weighted by Crippen LogP contribution is -2.48. The van der Waals surface area contributed by atoms with Gasteiger partial charge in [-0.1, -0.05) is 60.2 Å². The number of aliphatic hydroxyl groups is 1. The number of nitrogens with zero attached hydrogens (tertiary/aromatic N) is 3. The van der Waals surface area contributed by atoms with E-state index in [2.05, 4.69) is 4.90 Å². The number of carbonyl (C=O) groups is 2. The molecule has 1 N–H and O–H groups in total. The van der Waals surface area contributed by atoms with Crippen molar-refractivity contribution in [3.8, 4) is 0 Å². The zero-order chi connectivity index (χ0) is 21.1. The number of carbonyl (C=O) groups excluding carboxylic acids is 2. The molecule has 4 rings (SSSR count). The van der Waals surface area contributed by atoms with Gasteiger partial charge in [-0.25, -0.2) is 0 Å². The van der Waals surface area contributed by atoms with Crippen LogP contribution in [0.5, 0.6) is 0 Å². The third kappa shape index (κ3) is 4.01. The molecule has 0 aliphatic carbocycles. The number of benzene rings is 2. The second kappa shape index (κ2) is 8.81. The second-order valence-electron chi connectivity index (χ2n) is 7.82. The molecular formula is C24H27N3O3. The molecule has 6 nitrogen and oxygen atoms in total. The average molecular weight is 405 g/mol. The van der Waals surface area contributed by atoms with Crippen molar-refractivity contribution in [1.29, 1.82) is 0 Å². The van der Waals surface area contributed by atoms with Crippen LogP contribution in [0.1, 0.15) is 16.7 Å². The largest absolute Gasteiger partial charge is 0.395 e. The summed E-state index contributed by atoms with van der Waals surface area (Å²) in [5, 5.41) is 9.19.